The number of nitrogens with one attached hydrogen (secondary N) is 1. The number of halogens is 1. The van der Waals surface area contributed by atoms with Gasteiger partial charge >= 0.3 is 0 Å². The average Bonchev–Trinajstić information content (AvgIpc) is 2.37. The average molecular weight is 272 g/mol. The summed E-state index contributed by atoms with van der Waals surface area (Å²) in [5.74, 6) is 0.280. The number of aryl methyl sites for hydroxylation is 2. The third kappa shape index (κ3) is 2.61. The van der Waals surface area contributed by atoms with Crippen LogP contribution in [-0.4, -0.2) is 17.9 Å². The molecule has 2 rings (SSSR count). The molecule has 0 radical (unpaired) electrons. The van der Waals surface area contributed by atoms with Crippen molar-refractivity contribution in [1.82, 2.24) is 4.98 Å². The van der Waals surface area contributed by atoms with Gasteiger partial charge in [0.1, 0.15) is 17.5 Å². The number of hydrogen-bond donors (Lipinski definition) is 2. The lowest BCUT2D eigenvalue weighted by molar-refractivity contribution is 0.628. The van der Waals surface area contributed by atoms with Crippen LogP contribution < -0.4 is 10.6 Å². The molecule has 1 aromatic carbocycles. The molecular formula is C15H17FN4. The molecular weight excluding hydrogens is 255 g/mol. The van der Waals surface area contributed by atoms with Crippen LogP contribution in [-0.2, 0) is 0 Å². The van der Waals surface area contributed by atoms with Crippen molar-refractivity contribution in [3.63, 3.8) is 0 Å². The van der Waals surface area contributed by atoms with Gasteiger partial charge in [0, 0.05) is 18.4 Å². The number of nitrogens with zero attached hydrogens (tertiary/aromatic N) is 2. The topological polar surface area (TPSA) is 66.0 Å². The van der Waals surface area contributed by atoms with E-state index in [1.807, 2.05) is 27.0 Å². The van der Waals surface area contributed by atoms with Crippen LogP contribution in [0.1, 0.15) is 16.8 Å². The number of aromatic nitrogens is 1. The zero-order valence-electron chi connectivity index (χ0n) is 11.7. The molecule has 0 aliphatic carbocycles. The van der Waals surface area contributed by atoms with Gasteiger partial charge in [0.2, 0.25) is 0 Å². The van der Waals surface area contributed by atoms with Gasteiger partial charge in [0.25, 0.3) is 0 Å². The highest BCUT2D eigenvalue weighted by molar-refractivity contribution is 6.01. The standard InChI is InChI=1S/C15H17FN4/c1-9-8-10(2)19-15(13(9)14(17)18)20(3)12-6-4-11(16)5-7-12/h4-8H,1-3H3,(H3,17,18). The molecule has 20 heavy (non-hydrogen) atoms. The Morgan fingerprint density at radius 2 is 1.85 bits per heavy atom. The zero-order chi connectivity index (χ0) is 14.9. The summed E-state index contributed by atoms with van der Waals surface area (Å²) in [5, 5.41) is 7.73. The molecule has 5 heteroatoms. The zero-order valence-corrected chi connectivity index (χ0v) is 11.7. The first-order valence-electron chi connectivity index (χ1n) is 6.22. The number of amidine groups is 1. The van der Waals surface area contributed by atoms with E-state index < -0.39 is 0 Å². The second-order valence-corrected chi connectivity index (χ2v) is 4.73. The van der Waals surface area contributed by atoms with Gasteiger partial charge in [-0.3, -0.25) is 5.41 Å². The first-order valence-corrected chi connectivity index (χ1v) is 6.22. The first-order chi connectivity index (χ1) is 9.40. The highest BCUT2D eigenvalue weighted by atomic mass is 19.1. The SMILES string of the molecule is Cc1cc(C)c(C(=N)N)c(N(C)c2ccc(F)cc2)n1. The fourth-order valence-corrected chi connectivity index (χ4v) is 2.18. The van der Waals surface area contributed by atoms with E-state index in [-0.39, 0.29) is 11.7 Å². The second-order valence-electron chi connectivity index (χ2n) is 4.73. The molecule has 0 atom stereocenters. The van der Waals surface area contributed by atoms with Gasteiger partial charge in [0.05, 0.1) is 5.56 Å². The van der Waals surface area contributed by atoms with E-state index >= 15 is 0 Å². The number of nitrogens with two attached hydrogens (primary N) is 1. The fraction of sp³-hybridized carbons (Fsp3) is 0.200. The molecule has 3 N–H and O–H groups in total. The Labute approximate surface area is 117 Å². The summed E-state index contributed by atoms with van der Waals surface area (Å²) in [4.78, 5) is 6.27. The van der Waals surface area contributed by atoms with Gasteiger partial charge in [-0.15, -0.1) is 0 Å². The van der Waals surface area contributed by atoms with Crippen LogP contribution in [0.3, 0.4) is 0 Å². The van der Waals surface area contributed by atoms with Crippen molar-refractivity contribution >= 4 is 17.3 Å². The Balaban J connectivity index is 2.56. The van der Waals surface area contributed by atoms with Crippen molar-refractivity contribution in [2.24, 2.45) is 5.73 Å². The molecule has 0 saturated heterocycles. The number of benzene rings is 1. The Morgan fingerprint density at radius 1 is 1.25 bits per heavy atom. The monoisotopic (exact) mass is 272 g/mol. The van der Waals surface area contributed by atoms with Gasteiger partial charge in [0.15, 0.2) is 0 Å². The number of anilines is 2. The molecule has 4 nitrogen and oxygen atoms in total. The van der Waals surface area contributed by atoms with E-state index in [4.69, 9.17) is 11.1 Å². The van der Waals surface area contributed by atoms with Gasteiger partial charge < -0.3 is 10.6 Å². The smallest absolute Gasteiger partial charge is 0.144 e. The summed E-state index contributed by atoms with van der Waals surface area (Å²) < 4.78 is 13.0. The third-order valence-electron chi connectivity index (χ3n) is 3.13. The van der Waals surface area contributed by atoms with Crippen molar-refractivity contribution in [1.29, 1.82) is 5.41 Å². The molecule has 1 aromatic heterocycles. The maximum atomic E-state index is 13.0. The highest BCUT2D eigenvalue weighted by Gasteiger charge is 2.16. The normalized spacial score (nSPS) is 10.4. The quantitative estimate of drug-likeness (QED) is 0.667. The Morgan fingerprint density at radius 3 is 2.40 bits per heavy atom. The number of hydrogen-bond acceptors (Lipinski definition) is 3. The molecule has 0 aliphatic rings. The van der Waals surface area contributed by atoms with Gasteiger partial charge in [-0.1, -0.05) is 0 Å². The molecule has 2 aromatic rings. The van der Waals surface area contributed by atoms with E-state index in [1.54, 1.807) is 17.0 Å². The van der Waals surface area contributed by atoms with Crippen LogP contribution in [0.2, 0.25) is 0 Å². The lowest BCUT2D eigenvalue weighted by Crippen LogP contribution is -2.21. The van der Waals surface area contributed by atoms with Crippen LogP contribution in [0.4, 0.5) is 15.9 Å². The second kappa shape index (κ2) is 5.28. The van der Waals surface area contributed by atoms with E-state index in [0.29, 0.717) is 11.4 Å². The maximum Gasteiger partial charge on any atom is 0.144 e. The van der Waals surface area contributed by atoms with E-state index in [9.17, 15) is 4.39 Å². The van der Waals surface area contributed by atoms with E-state index in [2.05, 4.69) is 4.98 Å². The van der Waals surface area contributed by atoms with Crippen LogP contribution in [0.5, 0.6) is 0 Å². The number of nitrogen functional groups attached to an aromatic ring is 1. The van der Waals surface area contributed by atoms with Crippen molar-refractivity contribution in [2.45, 2.75) is 13.8 Å². The van der Waals surface area contributed by atoms with Crippen molar-refractivity contribution in [3.05, 3.63) is 53.0 Å². The molecule has 1 heterocycles. The van der Waals surface area contributed by atoms with E-state index in [1.165, 1.54) is 12.1 Å². The van der Waals surface area contributed by atoms with Gasteiger partial charge in [-0.25, -0.2) is 9.37 Å². The Hall–Kier alpha value is -2.43. The molecule has 0 spiro atoms. The molecule has 0 aliphatic heterocycles. The molecule has 0 bridgehead atoms. The number of rotatable bonds is 3. The van der Waals surface area contributed by atoms with Crippen LogP contribution >= 0.6 is 0 Å². The minimum Gasteiger partial charge on any atom is -0.384 e. The molecule has 0 fully saturated rings. The molecule has 104 valence electrons. The summed E-state index contributed by atoms with van der Waals surface area (Å²) in [6, 6.07) is 8.00. The van der Waals surface area contributed by atoms with Crippen LogP contribution in [0.15, 0.2) is 30.3 Å². The van der Waals surface area contributed by atoms with Crippen molar-refractivity contribution in [3.8, 4) is 0 Å². The Kier molecular flexibility index (Phi) is 3.70. The minimum absolute atomic E-state index is 0.0287. The summed E-state index contributed by atoms with van der Waals surface area (Å²) in [5.41, 5.74) is 8.79. The molecule has 0 unspecified atom stereocenters. The number of pyridine rings is 1. The van der Waals surface area contributed by atoms with E-state index in [0.717, 1.165) is 16.9 Å². The summed E-state index contributed by atoms with van der Waals surface area (Å²) in [7, 11) is 1.82. The Bertz CT molecular complexity index is 650. The van der Waals surface area contributed by atoms with Crippen molar-refractivity contribution < 1.29 is 4.39 Å². The fourth-order valence-electron chi connectivity index (χ4n) is 2.18. The third-order valence-corrected chi connectivity index (χ3v) is 3.13. The predicted octanol–water partition coefficient (Wildman–Crippen LogP) is 2.89. The summed E-state index contributed by atoms with van der Waals surface area (Å²) in [6.07, 6.45) is 0. The lowest BCUT2D eigenvalue weighted by Gasteiger charge is -2.22. The lowest BCUT2D eigenvalue weighted by atomic mass is 10.1. The first kappa shape index (κ1) is 14.0. The van der Waals surface area contributed by atoms with Crippen molar-refractivity contribution in [2.75, 3.05) is 11.9 Å². The van der Waals surface area contributed by atoms with Gasteiger partial charge in [-0.2, -0.15) is 0 Å². The summed E-state index contributed by atoms with van der Waals surface area (Å²) >= 11 is 0. The maximum absolute atomic E-state index is 13.0. The highest BCUT2D eigenvalue weighted by Crippen LogP contribution is 2.27. The van der Waals surface area contributed by atoms with Gasteiger partial charge in [-0.05, 0) is 49.7 Å². The van der Waals surface area contributed by atoms with Crippen LogP contribution in [0.25, 0.3) is 0 Å². The summed E-state index contributed by atoms with van der Waals surface area (Å²) in [6.45, 7) is 3.78. The largest absolute Gasteiger partial charge is 0.384 e. The molecule has 0 amide bonds. The van der Waals surface area contributed by atoms with Crippen LogP contribution in [0, 0.1) is 25.1 Å². The molecule has 0 saturated carbocycles. The minimum atomic E-state index is -0.290. The predicted molar refractivity (Wildman–Crippen MR) is 79.2 cm³/mol.